The van der Waals surface area contributed by atoms with Gasteiger partial charge in [0.05, 0.1) is 16.9 Å². The molecule has 0 aliphatic rings. The van der Waals surface area contributed by atoms with Crippen LogP contribution in [0.1, 0.15) is 18.1 Å². The molecule has 2 N–H and O–H groups in total. The quantitative estimate of drug-likeness (QED) is 0.586. The fraction of sp³-hybridized carbons (Fsp3) is 0.200. The minimum Gasteiger partial charge on any atom is -0.339 e. The highest BCUT2D eigenvalue weighted by atomic mass is 32.2. The van der Waals surface area contributed by atoms with Gasteiger partial charge in [0.1, 0.15) is 11.6 Å². The van der Waals surface area contributed by atoms with E-state index in [1.165, 1.54) is 31.3 Å². The molecule has 3 aromatic heterocycles. The lowest BCUT2D eigenvalue weighted by molar-refractivity contribution is -0.137. The Morgan fingerprint density at radius 1 is 1.03 bits per heavy atom. The maximum absolute atomic E-state index is 12.9. The van der Waals surface area contributed by atoms with Crippen LogP contribution in [0.2, 0.25) is 0 Å². The van der Waals surface area contributed by atoms with Crippen molar-refractivity contribution in [3.63, 3.8) is 0 Å². The first-order valence-electron chi connectivity index (χ1n) is 9.10. The topological polar surface area (TPSA) is 114 Å². The Bertz CT molecular complexity index is 1280. The summed E-state index contributed by atoms with van der Waals surface area (Å²) in [4.78, 5) is 23.5. The number of pyridine rings is 3. The van der Waals surface area contributed by atoms with Crippen molar-refractivity contribution in [2.24, 2.45) is 0 Å². The third kappa shape index (κ3) is 5.58. The summed E-state index contributed by atoms with van der Waals surface area (Å²) < 4.78 is 62.5. The smallest absolute Gasteiger partial charge is 0.339 e. The number of carbonyl (C=O) groups is 1. The normalized spacial score (nSPS) is 11.8. The molecule has 168 valence electrons. The number of rotatable bonds is 5. The van der Waals surface area contributed by atoms with E-state index in [9.17, 15) is 26.4 Å². The van der Waals surface area contributed by atoms with Gasteiger partial charge in [0.2, 0.25) is 5.91 Å². The van der Waals surface area contributed by atoms with Gasteiger partial charge in [-0.15, -0.1) is 0 Å². The first-order chi connectivity index (χ1) is 14.8. The summed E-state index contributed by atoms with van der Waals surface area (Å²) in [5.41, 5.74) is 0.508. The Morgan fingerprint density at radius 3 is 2.31 bits per heavy atom. The molecule has 0 unspecified atom stereocenters. The number of alkyl halides is 3. The molecule has 0 radical (unpaired) electrons. The lowest BCUT2D eigenvalue weighted by Gasteiger charge is -2.14. The number of hydrogen-bond acceptors (Lipinski definition) is 7. The van der Waals surface area contributed by atoms with Crippen LogP contribution in [0.5, 0.6) is 0 Å². The highest BCUT2D eigenvalue weighted by molar-refractivity contribution is 7.90. The van der Waals surface area contributed by atoms with Gasteiger partial charge in [-0.05, 0) is 36.8 Å². The number of carbonyl (C=O) groups excluding carboxylic acids is 1. The Labute approximate surface area is 181 Å². The van der Waals surface area contributed by atoms with Gasteiger partial charge in [-0.3, -0.25) is 9.78 Å². The molecule has 3 rings (SSSR count). The summed E-state index contributed by atoms with van der Waals surface area (Å²) in [6.45, 7) is 2.98. The summed E-state index contributed by atoms with van der Waals surface area (Å²) in [7, 11) is -3.58. The largest absolute Gasteiger partial charge is 0.417 e. The van der Waals surface area contributed by atoms with Crippen molar-refractivity contribution in [1.29, 1.82) is 0 Å². The van der Waals surface area contributed by atoms with Crippen molar-refractivity contribution < 1.29 is 26.4 Å². The van der Waals surface area contributed by atoms with Gasteiger partial charge in [-0.1, -0.05) is 0 Å². The summed E-state index contributed by atoms with van der Waals surface area (Å²) in [5, 5.41) is 5.32. The Hall–Kier alpha value is -3.54. The monoisotopic (exact) mass is 465 g/mol. The summed E-state index contributed by atoms with van der Waals surface area (Å²) >= 11 is 0. The standard InChI is InChI=1S/C20H18F3N5O3S/c1-11-6-18(28-19(7-11)32(3,30)31)27-16-8-17(26-12(2)29)25-10-14(16)15-5-4-13(9-24-15)20(21,22)23/h4-10H,1-3H3,(H2,25,26,27,28,29). The molecule has 12 heteroatoms. The van der Waals surface area contributed by atoms with Gasteiger partial charge in [0, 0.05) is 37.2 Å². The second kappa shape index (κ2) is 8.54. The third-order valence-corrected chi connectivity index (χ3v) is 5.13. The van der Waals surface area contributed by atoms with Gasteiger partial charge in [0.15, 0.2) is 14.9 Å². The minimum absolute atomic E-state index is 0.148. The van der Waals surface area contributed by atoms with E-state index in [4.69, 9.17) is 0 Å². The highest BCUT2D eigenvalue weighted by Crippen LogP contribution is 2.33. The molecule has 0 atom stereocenters. The molecular formula is C20H18F3N5O3S. The fourth-order valence-corrected chi connectivity index (χ4v) is 3.42. The maximum atomic E-state index is 12.9. The molecule has 8 nitrogen and oxygen atoms in total. The van der Waals surface area contributed by atoms with E-state index in [2.05, 4.69) is 25.6 Å². The van der Waals surface area contributed by atoms with Crippen LogP contribution in [0.25, 0.3) is 11.3 Å². The number of amides is 1. The maximum Gasteiger partial charge on any atom is 0.417 e. The van der Waals surface area contributed by atoms with Crippen molar-refractivity contribution >= 4 is 33.1 Å². The Kier molecular flexibility index (Phi) is 6.17. The molecule has 0 saturated carbocycles. The van der Waals surface area contributed by atoms with Crippen molar-refractivity contribution in [2.45, 2.75) is 25.0 Å². The molecule has 3 aromatic rings. The predicted molar refractivity (Wildman–Crippen MR) is 112 cm³/mol. The Balaban J connectivity index is 2.09. The van der Waals surface area contributed by atoms with Crippen LogP contribution in [0, 0.1) is 6.92 Å². The second-order valence-electron chi connectivity index (χ2n) is 6.99. The second-order valence-corrected chi connectivity index (χ2v) is 8.95. The zero-order chi connectivity index (χ0) is 23.7. The molecule has 0 spiro atoms. The molecule has 0 aliphatic heterocycles. The molecule has 0 bridgehead atoms. The van der Waals surface area contributed by atoms with Crippen molar-refractivity contribution in [3.05, 3.63) is 53.9 Å². The summed E-state index contributed by atoms with van der Waals surface area (Å²) in [6.07, 6.45) is -1.48. The van der Waals surface area contributed by atoms with E-state index in [1.54, 1.807) is 13.0 Å². The molecule has 0 aromatic carbocycles. The van der Waals surface area contributed by atoms with Crippen LogP contribution in [0.15, 0.2) is 47.8 Å². The zero-order valence-electron chi connectivity index (χ0n) is 17.1. The molecule has 0 aliphatic carbocycles. The van der Waals surface area contributed by atoms with E-state index < -0.39 is 21.6 Å². The Morgan fingerprint density at radius 2 is 1.75 bits per heavy atom. The zero-order valence-corrected chi connectivity index (χ0v) is 18.0. The number of aromatic nitrogens is 3. The number of sulfone groups is 1. The van der Waals surface area contributed by atoms with Gasteiger partial charge < -0.3 is 10.6 Å². The SMILES string of the molecule is CC(=O)Nc1cc(Nc2cc(C)cc(S(C)(=O)=O)n2)c(-c2ccc(C(F)(F)F)cn2)cn1. The van der Waals surface area contributed by atoms with Crippen molar-refractivity contribution in [1.82, 2.24) is 15.0 Å². The number of nitrogens with one attached hydrogen (secondary N) is 2. The molecule has 32 heavy (non-hydrogen) atoms. The molecule has 1 amide bonds. The van der Waals surface area contributed by atoms with E-state index in [1.807, 2.05) is 0 Å². The van der Waals surface area contributed by atoms with E-state index in [0.29, 0.717) is 23.0 Å². The van der Waals surface area contributed by atoms with Gasteiger partial charge in [0.25, 0.3) is 0 Å². The average molecular weight is 465 g/mol. The molecule has 0 fully saturated rings. The lowest BCUT2D eigenvalue weighted by Crippen LogP contribution is -2.09. The fourth-order valence-electron chi connectivity index (χ4n) is 2.76. The minimum atomic E-state index is -4.53. The van der Waals surface area contributed by atoms with E-state index >= 15 is 0 Å². The number of halogens is 3. The van der Waals surface area contributed by atoms with Crippen LogP contribution in [0.4, 0.5) is 30.5 Å². The van der Waals surface area contributed by atoms with Crippen LogP contribution in [0.3, 0.4) is 0 Å². The van der Waals surface area contributed by atoms with Crippen LogP contribution in [-0.2, 0) is 20.8 Å². The number of aryl methyl sites for hydroxylation is 1. The lowest BCUT2D eigenvalue weighted by atomic mass is 10.1. The van der Waals surface area contributed by atoms with Crippen molar-refractivity contribution in [2.75, 3.05) is 16.9 Å². The average Bonchev–Trinajstić information content (AvgIpc) is 2.66. The van der Waals surface area contributed by atoms with Crippen LogP contribution < -0.4 is 10.6 Å². The van der Waals surface area contributed by atoms with Gasteiger partial charge in [-0.25, -0.2) is 18.4 Å². The third-order valence-electron chi connectivity index (χ3n) is 4.16. The van der Waals surface area contributed by atoms with E-state index in [-0.39, 0.29) is 28.3 Å². The van der Waals surface area contributed by atoms with Gasteiger partial charge >= 0.3 is 6.18 Å². The predicted octanol–water partition coefficient (Wildman–Crippen LogP) is 3.97. The van der Waals surface area contributed by atoms with Crippen molar-refractivity contribution in [3.8, 4) is 11.3 Å². The van der Waals surface area contributed by atoms with E-state index in [0.717, 1.165) is 12.3 Å². The molecule has 0 saturated heterocycles. The number of hydrogen-bond donors (Lipinski definition) is 2. The number of nitrogens with zero attached hydrogens (tertiary/aromatic N) is 3. The highest BCUT2D eigenvalue weighted by Gasteiger charge is 2.30. The molecular weight excluding hydrogens is 447 g/mol. The van der Waals surface area contributed by atoms with Crippen LogP contribution in [-0.4, -0.2) is 35.5 Å². The summed E-state index contributed by atoms with van der Waals surface area (Å²) in [5.74, 6) is -0.0258. The molecule has 3 heterocycles. The van der Waals surface area contributed by atoms with Gasteiger partial charge in [-0.2, -0.15) is 13.2 Å². The summed E-state index contributed by atoms with van der Waals surface area (Å²) in [6, 6.07) is 6.53. The number of anilines is 3. The van der Waals surface area contributed by atoms with Crippen LogP contribution >= 0.6 is 0 Å². The first kappa shape index (κ1) is 23.1. The first-order valence-corrected chi connectivity index (χ1v) is 11.0.